The van der Waals surface area contributed by atoms with Crippen molar-refractivity contribution in [3.63, 3.8) is 0 Å². The summed E-state index contributed by atoms with van der Waals surface area (Å²) in [7, 11) is 0. The van der Waals surface area contributed by atoms with Crippen molar-refractivity contribution in [1.29, 1.82) is 0 Å². The van der Waals surface area contributed by atoms with Gasteiger partial charge in [0.05, 0.1) is 0 Å². The van der Waals surface area contributed by atoms with Crippen molar-refractivity contribution < 1.29 is 0 Å². The highest BCUT2D eigenvalue weighted by molar-refractivity contribution is 14.1. The van der Waals surface area contributed by atoms with Gasteiger partial charge in [0.2, 0.25) is 0 Å². The first-order valence-electron chi connectivity index (χ1n) is 31.6. The van der Waals surface area contributed by atoms with E-state index in [2.05, 4.69) is 98.8 Å². The van der Waals surface area contributed by atoms with E-state index < -0.39 is 0 Å². The fourth-order valence-electron chi connectivity index (χ4n) is 39.6. The van der Waals surface area contributed by atoms with Crippen molar-refractivity contribution in [2.75, 3.05) is 0 Å². The van der Waals surface area contributed by atoms with Gasteiger partial charge in [0.1, 0.15) is 0 Å². The number of alkyl halides is 1. The number of halogens is 1. The van der Waals surface area contributed by atoms with Crippen LogP contribution in [0.4, 0.5) is 0 Å². The van der Waals surface area contributed by atoms with Gasteiger partial charge in [-0.1, -0.05) is 131 Å². The molecular weight excluding hydrogens is 920 g/mol. The Morgan fingerprint density at radius 1 is 0.627 bits per heavy atom. The Labute approximate surface area is 421 Å². The summed E-state index contributed by atoms with van der Waals surface area (Å²) in [4.78, 5) is 0. The summed E-state index contributed by atoms with van der Waals surface area (Å²) in [5, 5.41) is 0. The third kappa shape index (κ3) is 2.42. The third-order valence-corrected chi connectivity index (χ3v) is 39.0. The first kappa shape index (κ1) is 39.2. The van der Waals surface area contributed by atoms with Crippen molar-refractivity contribution in [3.8, 4) is 0 Å². The lowest BCUT2D eigenvalue weighted by atomic mass is 8.82. The third-order valence-electron chi connectivity index (χ3n) is 36.7. The van der Waals surface area contributed by atoms with Crippen LogP contribution in [-0.2, 0) is 0 Å². The summed E-state index contributed by atoms with van der Waals surface area (Å²) in [6, 6.07) is 0. The summed E-state index contributed by atoms with van der Waals surface area (Å²) in [5.74, 6) is 25.7. The summed E-state index contributed by atoms with van der Waals surface area (Å²) in [6.45, 7) is 32.1. The SMILES string of the molecule is CCC1C2C3(CC(C)C)C(C)CCC(C)C4C56C7CC1(CC(C)CC1C8C9[C@@H](CCCC(C)C%10CC%10(C)C%10(I)CC%11%12CCCC%13(C)CC%14%15CC%16C%17C%18(C%11C(C)C9%11C%18C%174C85%11)C%16%14C(C%13%15)[C@H]%12%10)[C@H]1C)C27C36. The fraction of sp³-hybridized carbons (Fsp3) is 1.00. The molecule has 0 radical (unpaired) electrons. The second kappa shape index (κ2) is 9.55. The predicted octanol–water partition coefficient (Wildman–Crippen LogP) is 15.9. The van der Waals surface area contributed by atoms with Gasteiger partial charge < -0.3 is 0 Å². The van der Waals surface area contributed by atoms with Crippen molar-refractivity contribution >= 4 is 22.6 Å². The number of rotatable bonds is 3. The molecule has 0 aromatic carbocycles. The van der Waals surface area contributed by atoms with Crippen LogP contribution < -0.4 is 0 Å². The molecule has 22 aliphatic carbocycles. The largest absolute Gasteiger partial charge is 0.0779 e. The van der Waals surface area contributed by atoms with E-state index in [4.69, 9.17) is 0 Å². The highest BCUT2D eigenvalue weighted by Crippen LogP contribution is 3.28. The zero-order valence-corrected chi connectivity index (χ0v) is 46.4. The van der Waals surface area contributed by atoms with Gasteiger partial charge in [0, 0.05) is 3.42 Å². The maximum Gasteiger partial charge on any atom is 0.0320 e. The highest BCUT2D eigenvalue weighted by atomic mass is 127. The first-order chi connectivity index (χ1) is 31.9. The summed E-state index contributed by atoms with van der Waals surface area (Å²) >= 11 is 3.41. The van der Waals surface area contributed by atoms with Crippen LogP contribution in [-0.4, -0.2) is 3.42 Å². The van der Waals surface area contributed by atoms with Gasteiger partial charge in [-0.15, -0.1) is 0 Å². The van der Waals surface area contributed by atoms with E-state index in [0.717, 1.165) is 173 Å². The standard InChI is InChI=1S/C66H91I/c1-12-38-47-58(22-29(2)3)33(7)18-17-32(6)45-62-41-26-56(38,61(41,47)51(58)62)23-30(4)21-37-34(8)36-16-13-15-31(5)39-24-54(39,11)59(67)28-55-20-14-19-53(10)27-57-25-40-48-63(65(40,57)44(49(53)57)50(55)59)46(55)35(9)60-42(36)43(37)66(60,62)64(45,48)52(60)63/h29-52H,12-28H2,1-11H3/t30?,31?,32?,33?,34-,35?,36+,37?,38?,39?,40?,41?,42?,43?,44?,45?,46?,47?,48?,49?,50-,51?,52?,53?,54?,55?,56?,57?,58?,59?,60?,61?,62?,63?,64?,65?,66?/m1/s1. The average molecular weight is 1010 g/mol. The van der Waals surface area contributed by atoms with Crippen LogP contribution >= 0.6 is 22.6 Å². The Hall–Kier alpha value is 0.730. The normalized spacial score (nSPS) is 83.9. The number of hydrogen-bond acceptors (Lipinski definition) is 0. The molecule has 0 aromatic rings. The minimum absolute atomic E-state index is 0.586. The van der Waals surface area contributed by atoms with E-state index in [9.17, 15) is 0 Å². The van der Waals surface area contributed by atoms with Gasteiger partial charge in [0.25, 0.3) is 0 Å². The summed E-state index contributed by atoms with van der Waals surface area (Å²) in [5.41, 5.74) is 9.52. The molecule has 0 aliphatic heterocycles. The van der Waals surface area contributed by atoms with Crippen LogP contribution in [0.5, 0.6) is 0 Å². The number of fused-ring (bicyclic) bond motifs is 5. The molecule has 1 heteroatoms. The second-order valence-electron chi connectivity index (χ2n) is 35.3. The molecule has 0 heterocycles. The van der Waals surface area contributed by atoms with E-state index >= 15 is 0 Å². The Bertz CT molecular complexity index is 2580. The maximum absolute atomic E-state index is 3.41. The topological polar surface area (TPSA) is 0 Å². The van der Waals surface area contributed by atoms with E-state index in [1.165, 1.54) is 24.2 Å². The van der Waals surface area contributed by atoms with Crippen LogP contribution in [0.3, 0.4) is 0 Å². The molecule has 22 aliphatic rings. The molecule has 37 atom stereocenters. The molecule has 0 amide bonds. The Morgan fingerprint density at radius 2 is 1.45 bits per heavy atom. The monoisotopic (exact) mass is 1010 g/mol. The summed E-state index contributed by atoms with van der Waals surface area (Å²) in [6.07, 6.45) is 27.8. The Balaban J connectivity index is 0.882. The van der Waals surface area contributed by atoms with Crippen LogP contribution in [0.25, 0.3) is 0 Å². The Kier molecular flexibility index (Phi) is 5.59. The van der Waals surface area contributed by atoms with Crippen LogP contribution in [0.15, 0.2) is 0 Å². The molecule has 0 aromatic heterocycles. The molecule has 10 spiro atoms. The number of hydrogen-bond donors (Lipinski definition) is 0. The van der Waals surface area contributed by atoms with Crippen molar-refractivity contribution in [2.24, 2.45) is 212 Å². The van der Waals surface area contributed by atoms with Crippen molar-refractivity contribution in [1.82, 2.24) is 0 Å². The molecule has 22 fully saturated rings. The van der Waals surface area contributed by atoms with Gasteiger partial charge in [-0.2, -0.15) is 0 Å². The first-order valence-corrected chi connectivity index (χ1v) is 32.7. The summed E-state index contributed by atoms with van der Waals surface area (Å²) < 4.78 is 0.586. The predicted molar refractivity (Wildman–Crippen MR) is 273 cm³/mol. The van der Waals surface area contributed by atoms with E-state index in [1.54, 1.807) is 103 Å². The van der Waals surface area contributed by atoms with Crippen molar-refractivity contribution in [3.05, 3.63) is 0 Å². The highest BCUT2D eigenvalue weighted by Gasteiger charge is 3.26. The lowest BCUT2D eigenvalue weighted by molar-refractivity contribution is -0.758. The second-order valence-corrected chi connectivity index (χ2v) is 37.3. The molecule has 0 N–H and O–H groups in total. The van der Waals surface area contributed by atoms with Crippen LogP contribution in [0.1, 0.15) is 185 Å². The van der Waals surface area contributed by atoms with Gasteiger partial charge in [-0.3, -0.25) is 0 Å². The molecule has 34 unspecified atom stereocenters. The zero-order valence-electron chi connectivity index (χ0n) is 44.3. The van der Waals surface area contributed by atoms with E-state index in [-0.39, 0.29) is 0 Å². The Morgan fingerprint density at radius 3 is 2.24 bits per heavy atom. The lowest BCUT2D eigenvalue weighted by Crippen LogP contribution is -3.19. The van der Waals surface area contributed by atoms with Crippen LogP contribution in [0.2, 0.25) is 0 Å². The molecule has 362 valence electrons. The minimum Gasteiger partial charge on any atom is -0.0779 e. The lowest BCUT2D eigenvalue weighted by Gasteiger charge is -3.21. The van der Waals surface area contributed by atoms with E-state index in [1.807, 2.05) is 0 Å². The van der Waals surface area contributed by atoms with Gasteiger partial charge in [0.15, 0.2) is 0 Å². The smallest absolute Gasteiger partial charge is 0.0320 e. The molecule has 0 nitrogen and oxygen atoms in total. The van der Waals surface area contributed by atoms with Gasteiger partial charge in [-0.05, 0) is 289 Å². The maximum atomic E-state index is 3.41. The molecule has 22 rings (SSSR count). The molecule has 67 heavy (non-hydrogen) atoms. The fourth-order valence-corrected chi connectivity index (χ4v) is 41.9. The molecule has 0 saturated heterocycles. The molecule has 22 saturated carbocycles. The molecule has 8 bridgehead atoms. The van der Waals surface area contributed by atoms with E-state index in [0.29, 0.717) is 25.1 Å². The minimum atomic E-state index is 0.586. The van der Waals surface area contributed by atoms with Crippen molar-refractivity contribution in [2.45, 2.75) is 189 Å². The average Bonchev–Trinajstić information content (AvgIpc) is 3.82. The molecular formula is C66H91I. The quantitative estimate of drug-likeness (QED) is 0.195. The van der Waals surface area contributed by atoms with Gasteiger partial charge in [-0.25, -0.2) is 0 Å². The van der Waals surface area contributed by atoms with Gasteiger partial charge >= 0.3 is 0 Å². The zero-order chi connectivity index (χ0) is 44.9. The van der Waals surface area contributed by atoms with Crippen LogP contribution in [0, 0.1) is 212 Å².